The van der Waals surface area contributed by atoms with Crippen LogP contribution in [0.25, 0.3) is 0 Å². The van der Waals surface area contributed by atoms with E-state index in [0.717, 1.165) is 37.8 Å². The van der Waals surface area contributed by atoms with Crippen molar-refractivity contribution in [2.75, 3.05) is 13.1 Å². The van der Waals surface area contributed by atoms with Gasteiger partial charge >= 0.3 is 6.03 Å². The second-order valence-corrected chi connectivity index (χ2v) is 7.23. The summed E-state index contributed by atoms with van der Waals surface area (Å²) in [4.78, 5) is 30.9. The molecule has 2 N–H and O–H groups in total. The van der Waals surface area contributed by atoms with Gasteiger partial charge in [0.05, 0.1) is 12.0 Å². The molecule has 6 heteroatoms. The molecule has 0 bridgehead atoms. The van der Waals surface area contributed by atoms with E-state index in [1.165, 1.54) is 12.8 Å². The standard InChI is InChI=1S/C19H28N4O2/c1-14(15-8-10-20-11-9-15)21-18(24)16-5-4-12-23(13-16)19(25)22-17-6-2-3-7-17/h8-11,14,16-17H,2-7,12-13H2,1H3,(H,21,24)(H,22,25)/t14-,16+/m0/s1. The summed E-state index contributed by atoms with van der Waals surface area (Å²) in [6, 6.07) is 4.07. The Morgan fingerprint density at radius 2 is 1.88 bits per heavy atom. The van der Waals surface area contributed by atoms with Crippen molar-refractivity contribution in [2.24, 2.45) is 5.92 Å². The first-order valence-corrected chi connectivity index (χ1v) is 9.39. The van der Waals surface area contributed by atoms with Gasteiger partial charge in [0.15, 0.2) is 0 Å². The number of hydrogen-bond donors (Lipinski definition) is 2. The quantitative estimate of drug-likeness (QED) is 0.882. The third-order valence-electron chi connectivity index (χ3n) is 5.33. The minimum absolute atomic E-state index is 0.00779. The first-order chi connectivity index (χ1) is 12.1. The van der Waals surface area contributed by atoms with Crippen LogP contribution >= 0.6 is 0 Å². The molecule has 1 saturated carbocycles. The maximum atomic E-state index is 12.6. The van der Waals surface area contributed by atoms with Gasteiger partial charge in [-0.05, 0) is 50.3 Å². The largest absolute Gasteiger partial charge is 0.349 e. The van der Waals surface area contributed by atoms with Gasteiger partial charge < -0.3 is 15.5 Å². The summed E-state index contributed by atoms with van der Waals surface area (Å²) in [5.41, 5.74) is 1.04. The highest BCUT2D eigenvalue weighted by Gasteiger charge is 2.30. The van der Waals surface area contributed by atoms with E-state index in [4.69, 9.17) is 0 Å². The highest BCUT2D eigenvalue weighted by Crippen LogP contribution is 2.21. The summed E-state index contributed by atoms with van der Waals surface area (Å²) >= 11 is 0. The zero-order chi connectivity index (χ0) is 17.6. The summed E-state index contributed by atoms with van der Waals surface area (Å²) in [6.45, 7) is 3.22. The lowest BCUT2D eigenvalue weighted by Crippen LogP contribution is -2.50. The molecule has 3 rings (SSSR count). The van der Waals surface area contributed by atoms with E-state index in [1.807, 2.05) is 24.0 Å². The van der Waals surface area contributed by atoms with Crippen molar-refractivity contribution in [3.05, 3.63) is 30.1 Å². The van der Waals surface area contributed by atoms with Gasteiger partial charge in [-0.25, -0.2) is 4.79 Å². The topological polar surface area (TPSA) is 74.3 Å². The molecule has 1 aliphatic carbocycles. The number of pyridine rings is 1. The van der Waals surface area contributed by atoms with Crippen LogP contribution in [0.5, 0.6) is 0 Å². The van der Waals surface area contributed by atoms with Crippen LogP contribution in [0.15, 0.2) is 24.5 Å². The van der Waals surface area contributed by atoms with Gasteiger partial charge in [0.2, 0.25) is 5.91 Å². The average Bonchev–Trinajstić information content (AvgIpc) is 3.15. The minimum Gasteiger partial charge on any atom is -0.349 e. The molecule has 1 aliphatic heterocycles. The third kappa shape index (κ3) is 4.71. The van der Waals surface area contributed by atoms with Gasteiger partial charge in [-0.2, -0.15) is 0 Å². The van der Waals surface area contributed by atoms with Crippen molar-refractivity contribution < 1.29 is 9.59 Å². The van der Waals surface area contributed by atoms with Gasteiger partial charge in [-0.15, -0.1) is 0 Å². The van der Waals surface area contributed by atoms with Crippen molar-refractivity contribution in [1.29, 1.82) is 0 Å². The van der Waals surface area contributed by atoms with Crippen LogP contribution in [0.4, 0.5) is 4.79 Å². The van der Waals surface area contributed by atoms with Crippen molar-refractivity contribution in [3.63, 3.8) is 0 Å². The van der Waals surface area contributed by atoms with Gasteiger partial charge in [0.25, 0.3) is 0 Å². The molecule has 3 amide bonds. The molecule has 25 heavy (non-hydrogen) atoms. The van der Waals surface area contributed by atoms with Crippen molar-refractivity contribution >= 4 is 11.9 Å². The highest BCUT2D eigenvalue weighted by atomic mass is 16.2. The summed E-state index contributed by atoms with van der Waals surface area (Å²) in [5, 5.41) is 6.20. The molecule has 0 unspecified atom stereocenters. The minimum atomic E-state index is -0.132. The number of nitrogens with one attached hydrogen (secondary N) is 2. The molecule has 0 spiro atoms. The fourth-order valence-electron chi connectivity index (χ4n) is 3.78. The first kappa shape index (κ1) is 17.7. The normalized spacial score (nSPS) is 22.4. The molecule has 1 saturated heterocycles. The number of piperidine rings is 1. The van der Waals surface area contributed by atoms with Crippen LogP contribution in [0, 0.1) is 5.92 Å². The Kier molecular flexibility index (Phi) is 5.89. The number of hydrogen-bond acceptors (Lipinski definition) is 3. The van der Waals surface area contributed by atoms with E-state index < -0.39 is 0 Å². The van der Waals surface area contributed by atoms with E-state index in [1.54, 1.807) is 12.4 Å². The van der Waals surface area contributed by atoms with Crippen LogP contribution in [0.3, 0.4) is 0 Å². The highest BCUT2D eigenvalue weighted by molar-refractivity contribution is 5.81. The number of carbonyl (C=O) groups is 2. The van der Waals surface area contributed by atoms with Crippen LogP contribution in [0.1, 0.15) is 57.1 Å². The maximum Gasteiger partial charge on any atom is 0.317 e. The molecule has 1 aromatic heterocycles. The predicted molar refractivity (Wildman–Crippen MR) is 95.9 cm³/mol. The maximum absolute atomic E-state index is 12.6. The molecule has 2 fully saturated rings. The molecule has 1 aromatic rings. The molecule has 136 valence electrons. The number of amides is 3. The molecule has 2 atom stereocenters. The number of aromatic nitrogens is 1. The Bertz CT molecular complexity index is 586. The van der Waals surface area contributed by atoms with Gasteiger partial charge in [0.1, 0.15) is 0 Å². The smallest absolute Gasteiger partial charge is 0.317 e. The molecule has 2 aliphatic rings. The zero-order valence-corrected chi connectivity index (χ0v) is 14.9. The number of carbonyl (C=O) groups excluding carboxylic acids is 2. The number of urea groups is 1. The summed E-state index contributed by atoms with van der Waals surface area (Å²) < 4.78 is 0. The van der Waals surface area contributed by atoms with E-state index in [-0.39, 0.29) is 23.9 Å². The Hall–Kier alpha value is -2.11. The van der Waals surface area contributed by atoms with Gasteiger partial charge in [-0.3, -0.25) is 9.78 Å². The Morgan fingerprint density at radius 3 is 2.60 bits per heavy atom. The number of rotatable bonds is 4. The summed E-state index contributed by atoms with van der Waals surface area (Å²) in [7, 11) is 0. The fourth-order valence-corrected chi connectivity index (χ4v) is 3.78. The van der Waals surface area contributed by atoms with Crippen LogP contribution in [-0.4, -0.2) is 41.0 Å². The second-order valence-electron chi connectivity index (χ2n) is 7.23. The molecule has 0 aromatic carbocycles. The SMILES string of the molecule is C[C@H](NC(=O)[C@@H]1CCCN(C(=O)NC2CCCC2)C1)c1ccncc1. The van der Waals surface area contributed by atoms with Crippen molar-refractivity contribution in [2.45, 2.75) is 57.5 Å². The number of likely N-dealkylation sites (tertiary alicyclic amines) is 1. The first-order valence-electron chi connectivity index (χ1n) is 9.39. The van der Waals surface area contributed by atoms with Crippen molar-refractivity contribution in [1.82, 2.24) is 20.5 Å². The summed E-state index contributed by atoms with van der Waals surface area (Å²) in [5.74, 6) is -0.102. The van der Waals surface area contributed by atoms with E-state index in [9.17, 15) is 9.59 Å². The van der Waals surface area contributed by atoms with Crippen LogP contribution in [-0.2, 0) is 4.79 Å². The second kappa shape index (κ2) is 8.32. The lowest BCUT2D eigenvalue weighted by molar-refractivity contribution is -0.126. The molecular weight excluding hydrogens is 316 g/mol. The summed E-state index contributed by atoms with van der Waals surface area (Å²) in [6.07, 6.45) is 9.72. The van der Waals surface area contributed by atoms with Crippen molar-refractivity contribution in [3.8, 4) is 0 Å². The Balaban J connectivity index is 1.51. The third-order valence-corrected chi connectivity index (χ3v) is 5.33. The molecule has 6 nitrogen and oxygen atoms in total. The van der Waals surface area contributed by atoms with E-state index in [2.05, 4.69) is 15.6 Å². The molecule has 0 radical (unpaired) electrons. The van der Waals surface area contributed by atoms with Crippen LogP contribution in [0.2, 0.25) is 0 Å². The Morgan fingerprint density at radius 1 is 1.16 bits per heavy atom. The molecular formula is C19H28N4O2. The lowest BCUT2D eigenvalue weighted by atomic mass is 9.96. The average molecular weight is 344 g/mol. The fraction of sp³-hybridized carbons (Fsp3) is 0.632. The monoisotopic (exact) mass is 344 g/mol. The number of nitrogens with zero attached hydrogens (tertiary/aromatic N) is 2. The lowest BCUT2D eigenvalue weighted by Gasteiger charge is -2.33. The Labute approximate surface area is 149 Å². The predicted octanol–water partition coefficient (Wildman–Crippen LogP) is 2.62. The van der Waals surface area contributed by atoms with E-state index in [0.29, 0.717) is 12.6 Å². The zero-order valence-electron chi connectivity index (χ0n) is 14.9. The van der Waals surface area contributed by atoms with E-state index >= 15 is 0 Å². The van der Waals surface area contributed by atoms with Crippen LogP contribution < -0.4 is 10.6 Å². The molecule has 2 heterocycles. The van der Waals surface area contributed by atoms with Gasteiger partial charge in [-0.1, -0.05) is 12.8 Å². The van der Waals surface area contributed by atoms with Gasteiger partial charge in [0, 0.05) is 31.5 Å².